The molecule has 1 aromatic heterocycles. The molecule has 1 aromatic rings. The summed E-state index contributed by atoms with van der Waals surface area (Å²) in [6.45, 7) is 7.00. The minimum Gasteiger partial charge on any atom is -0.444 e. The maximum atomic E-state index is 12.5. The zero-order valence-corrected chi connectivity index (χ0v) is 17.5. The number of aromatic nitrogens is 1. The number of rotatable bonds is 3. The van der Waals surface area contributed by atoms with Crippen LogP contribution in [-0.2, 0) is 16.0 Å². The number of likely N-dealkylation sites (tertiary alicyclic amines) is 1. The van der Waals surface area contributed by atoms with Crippen molar-refractivity contribution in [3.05, 3.63) is 23.0 Å². The largest absolute Gasteiger partial charge is 0.444 e. The minimum absolute atomic E-state index is 0.150. The Bertz CT molecular complexity index is 715. The van der Waals surface area contributed by atoms with E-state index in [1.807, 2.05) is 26.8 Å². The van der Waals surface area contributed by atoms with Crippen molar-refractivity contribution in [3.63, 3.8) is 0 Å². The highest BCUT2D eigenvalue weighted by molar-refractivity contribution is 8.13. The number of nitrogens with one attached hydrogen (secondary N) is 1. The first-order chi connectivity index (χ1) is 12.7. The van der Waals surface area contributed by atoms with Crippen LogP contribution >= 0.6 is 23.4 Å². The average molecular weight is 412 g/mol. The molecule has 1 unspecified atom stereocenters. The first-order valence-corrected chi connectivity index (χ1v) is 10.6. The standard InChI is InChI=1S/C19H26ClN3O3S/c1-19(2,3)26-18(25)23-6-4-12(5-7-23)11-27-17(24)14-8-13-9-16(20)21-10-15(13)22-14/h9-10,12,14,22H,4-8,11H2,1-3H3. The van der Waals surface area contributed by atoms with E-state index in [0.29, 0.717) is 30.6 Å². The maximum Gasteiger partial charge on any atom is 0.410 e. The van der Waals surface area contributed by atoms with Crippen molar-refractivity contribution >= 4 is 40.3 Å². The number of hydrogen-bond donors (Lipinski definition) is 1. The van der Waals surface area contributed by atoms with Gasteiger partial charge in [0.25, 0.3) is 0 Å². The number of piperidine rings is 1. The SMILES string of the molecule is CC(C)(C)OC(=O)N1CCC(CSC(=O)C2Cc3cc(Cl)ncc3N2)CC1. The fourth-order valence-corrected chi connectivity index (χ4v) is 4.53. The van der Waals surface area contributed by atoms with Crippen molar-refractivity contribution in [1.82, 2.24) is 9.88 Å². The van der Waals surface area contributed by atoms with Gasteiger partial charge < -0.3 is 15.0 Å². The van der Waals surface area contributed by atoms with Crippen LogP contribution in [0.25, 0.3) is 0 Å². The second-order valence-electron chi connectivity index (χ2n) is 8.11. The third kappa shape index (κ3) is 5.51. The maximum absolute atomic E-state index is 12.5. The van der Waals surface area contributed by atoms with Crippen LogP contribution in [0.2, 0.25) is 5.15 Å². The second-order valence-corrected chi connectivity index (χ2v) is 9.52. The van der Waals surface area contributed by atoms with Gasteiger partial charge in [-0.2, -0.15) is 0 Å². The smallest absolute Gasteiger partial charge is 0.410 e. The molecule has 1 N–H and O–H groups in total. The summed E-state index contributed by atoms with van der Waals surface area (Å²) < 4.78 is 5.42. The van der Waals surface area contributed by atoms with Gasteiger partial charge in [-0.3, -0.25) is 4.79 Å². The summed E-state index contributed by atoms with van der Waals surface area (Å²) in [6, 6.07) is 1.60. The fraction of sp³-hybridized carbons (Fsp3) is 0.632. The van der Waals surface area contributed by atoms with E-state index in [0.717, 1.165) is 29.8 Å². The molecule has 27 heavy (non-hydrogen) atoms. The third-order valence-electron chi connectivity index (χ3n) is 4.72. The number of nitrogens with zero attached hydrogens (tertiary/aromatic N) is 2. The number of carbonyl (C=O) groups excluding carboxylic acids is 2. The van der Waals surface area contributed by atoms with Gasteiger partial charge in [0.1, 0.15) is 10.8 Å². The number of amides is 1. The molecule has 0 aromatic carbocycles. The second kappa shape index (κ2) is 8.27. The minimum atomic E-state index is -0.470. The summed E-state index contributed by atoms with van der Waals surface area (Å²) in [7, 11) is 0. The Morgan fingerprint density at radius 2 is 2.07 bits per heavy atom. The zero-order valence-electron chi connectivity index (χ0n) is 16.0. The summed E-state index contributed by atoms with van der Waals surface area (Å²) in [5.74, 6) is 1.23. The molecule has 148 valence electrons. The molecule has 3 rings (SSSR count). The van der Waals surface area contributed by atoms with Crippen LogP contribution in [0.15, 0.2) is 12.3 Å². The molecule has 3 heterocycles. The average Bonchev–Trinajstić information content (AvgIpc) is 3.01. The van der Waals surface area contributed by atoms with Crippen LogP contribution < -0.4 is 5.32 Å². The summed E-state index contributed by atoms with van der Waals surface area (Å²) in [4.78, 5) is 30.5. The molecule has 0 spiro atoms. The topological polar surface area (TPSA) is 71.5 Å². The van der Waals surface area contributed by atoms with Crippen molar-refractivity contribution in [3.8, 4) is 0 Å². The van der Waals surface area contributed by atoms with Crippen molar-refractivity contribution in [2.75, 3.05) is 24.2 Å². The Kier molecular flexibility index (Phi) is 6.21. The van der Waals surface area contributed by atoms with E-state index in [1.165, 1.54) is 11.8 Å². The van der Waals surface area contributed by atoms with Gasteiger partial charge in [-0.25, -0.2) is 9.78 Å². The molecule has 2 aliphatic rings. The van der Waals surface area contributed by atoms with Crippen molar-refractivity contribution < 1.29 is 14.3 Å². The number of anilines is 1. The number of ether oxygens (including phenoxy) is 1. The molecule has 1 saturated heterocycles. The molecule has 1 atom stereocenters. The molecule has 1 fully saturated rings. The lowest BCUT2D eigenvalue weighted by molar-refractivity contribution is -0.111. The molecule has 0 aliphatic carbocycles. The molecule has 0 radical (unpaired) electrons. The Morgan fingerprint density at radius 1 is 1.37 bits per heavy atom. The quantitative estimate of drug-likeness (QED) is 0.758. The monoisotopic (exact) mass is 411 g/mol. The summed E-state index contributed by atoms with van der Waals surface area (Å²) in [5.41, 5.74) is 1.46. The zero-order chi connectivity index (χ0) is 19.6. The lowest BCUT2D eigenvalue weighted by atomic mass is 9.99. The molecule has 1 amide bonds. The Labute approximate surface area is 169 Å². The first kappa shape index (κ1) is 20.3. The van der Waals surface area contributed by atoms with Gasteiger partial charge in [0.15, 0.2) is 0 Å². The van der Waals surface area contributed by atoms with Gasteiger partial charge in [-0.15, -0.1) is 0 Å². The van der Waals surface area contributed by atoms with Crippen LogP contribution in [0, 0.1) is 5.92 Å². The van der Waals surface area contributed by atoms with Crippen LogP contribution in [0.3, 0.4) is 0 Å². The van der Waals surface area contributed by atoms with Gasteiger partial charge in [0.05, 0.1) is 17.9 Å². The van der Waals surface area contributed by atoms with Gasteiger partial charge in [-0.05, 0) is 51.2 Å². The molecule has 8 heteroatoms. The summed E-state index contributed by atoms with van der Waals surface area (Å²) >= 11 is 7.30. The Morgan fingerprint density at radius 3 is 2.74 bits per heavy atom. The van der Waals surface area contributed by atoms with Crippen LogP contribution in [0.5, 0.6) is 0 Å². The molecular formula is C19H26ClN3O3S. The number of thioether (sulfide) groups is 1. The number of halogens is 1. The first-order valence-electron chi connectivity index (χ1n) is 9.27. The normalized spacial score (nSPS) is 20.1. The highest BCUT2D eigenvalue weighted by atomic mass is 35.5. The molecular weight excluding hydrogens is 386 g/mol. The predicted octanol–water partition coefficient (Wildman–Crippen LogP) is 3.98. The number of pyridine rings is 1. The lowest BCUT2D eigenvalue weighted by Gasteiger charge is -2.33. The van der Waals surface area contributed by atoms with E-state index in [-0.39, 0.29) is 17.3 Å². The highest BCUT2D eigenvalue weighted by Gasteiger charge is 2.30. The third-order valence-corrected chi connectivity index (χ3v) is 6.14. The fourth-order valence-electron chi connectivity index (χ4n) is 3.28. The van der Waals surface area contributed by atoms with Crippen molar-refractivity contribution in [2.24, 2.45) is 5.92 Å². The Balaban J connectivity index is 1.40. The van der Waals surface area contributed by atoms with Crippen molar-refractivity contribution in [2.45, 2.75) is 51.7 Å². The van der Waals surface area contributed by atoms with Crippen LogP contribution in [0.1, 0.15) is 39.2 Å². The number of hydrogen-bond acceptors (Lipinski definition) is 6. The predicted molar refractivity (Wildman–Crippen MR) is 108 cm³/mol. The van der Waals surface area contributed by atoms with Gasteiger partial charge in [0, 0.05) is 25.3 Å². The Hall–Kier alpha value is -1.47. The summed E-state index contributed by atoms with van der Waals surface area (Å²) in [5, 5.41) is 3.83. The molecule has 0 saturated carbocycles. The van der Waals surface area contributed by atoms with E-state index < -0.39 is 5.60 Å². The van der Waals surface area contributed by atoms with Gasteiger partial charge in [0.2, 0.25) is 5.12 Å². The van der Waals surface area contributed by atoms with Gasteiger partial charge >= 0.3 is 6.09 Å². The van der Waals surface area contributed by atoms with E-state index in [4.69, 9.17) is 16.3 Å². The van der Waals surface area contributed by atoms with Crippen LogP contribution in [-0.4, -0.2) is 51.6 Å². The molecule has 2 aliphatic heterocycles. The van der Waals surface area contributed by atoms with E-state index in [1.54, 1.807) is 11.1 Å². The number of fused-ring (bicyclic) bond motifs is 1. The van der Waals surface area contributed by atoms with Crippen LogP contribution in [0.4, 0.5) is 10.5 Å². The summed E-state index contributed by atoms with van der Waals surface area (Å²) in [6.07, 6.45) is 3.89. The lowest BCUT2D eigenvalue weighted by Crippen LogP contribution is -2.42. The van der Waals surface area contributed by atoms with Gasteiger partial charge in [-0.1, -0.05) is 23.4 Å². The molecule has 0 bridgehead atoms. The highest BCUT2D eigenvalue weighted by Crippen LogP contribution is 2.30. The van der Waals surface area contributed by atoms with E-state index in [2.05, 4.69) is 10.3 Å². The van der Waals surface area contributed by atoms with E-state index in [9.17, 15) is 9.59 Å². The number of carbonyl (C=O) groups is 2. The van der Waals surface area contributed by atoms with Crippen molar-refractivity contribution in [1.29, 1.82) is 0 Å². The van der Waals surface area contributed by atoms with E-state index >= 15 is 0 Å². The molecule has 6 nitrogen and oxygen atoms in total.